The Labute approximate surface area is 72.9 Å². The molecule has 0 atom stereocenters. The van der Waals surface area contributed by atoms with E-state index >= 15 is 0 Å². The number of benzene rings is 1. The molecule has 1 aromatic rings. The van der Waals surface area contributed by atoms with Crippen LogP contribution in [-0.4, -0.2) is 5.84 Å². The van der Waals surface area contributed by atoms with Crippen LogP contribution in [0.2, 0.25) is 0 Å². The van der Waals surface area contributed by atoms with Crippen molar-refractivity contribution in [2.75, 3.05) is 0 Å². The van der Waals surface area contributed by atoms with Crippen LogP contribution in [-0.2, 0) is 6.42 Å². The molecule has 0 aliphatic carbocycles. The molecule has 0 bridgehead atoms. The predicted octanol–water partition coefficient (Wildman–Crippen LogP) is 1.84. The Morgan fingerprint density at radius 3 is 2.58 bits per heavy atom. The van der Waals surface area contributed by atoms with Gasteiger partial charge in [0, 0.05) is 5.56 Å². The van der Waals surface area contributed by atoms with Gasteiger partial charge in [-0.2, -0.15) is 0 Å². The second kappa shape index (κ2) is 3.39. The number of hydrogen-bond donors (Lipinski definition) is 2. The predicted molar refractivity (Wildman–Crippen MR) is 51.6 cm³/mol. The van der Waals surface area contributed by atoms with Gasteiger partial charge in [-0.25, -0.2) is 0 Å². The third-order valence-electron chi connectivity index (χ3n) is 2.01. The second-order valence-corrected chi connectivity index (χ2v) is 2.88. The molecule has 12 heavy (non-hydrogen) atoms. The molecule has 0 aromatic heterocycles. The molecule has 0 saturated heterocycles. The lowest BCUT2D eigenvalue weighted by Gasteiger charge is -2.08. The van der Waals surface area contributed by atoms with Crippen LogP contribution in [0.15, 0.2) is 18.2 Å². The molecule has 0 heterocycles. The summed E-state index contributed by atoms with van der Waals surface area (Å²) in [5.74, 6) is 0.171. The highest BCUT2D eigenvalue weighted by atomic mass is 14.7. The standard InChI is InChI=1S/C10H14N2/c1-3-8-6-4-5-7(2)9(8)10(11)12/h4-6H,3H2,1-2H3,(H3,11,12). The molecule has 2 heteroatoms. The minimum atomic E-state index is 0.171. The quantitative estimate of drug-likeness (QED) is 0.506. The minimum absolute atomic E-state index is 0.171. The Kier molecular flexibility index (Phi) is 2.48. The van der Waals surface area contributed by atoms with E-state index in [1.807, 2.05) is 25.1 Å². The Hall–Kier alpha value is -1.31. The Balaban J connectivity index is 3.29. The zero-order chi connectivity index (χ0) is 9.14. The number of nitrogens with one attached hydrogen (secondary N) is 1. The van der Waals surface area contributed by atoms with Crippen LogP contribution in [0.1, 0.15) is 23.6 Å². The monoisotopic (exact) mass is 162 g/mol. The summed E-state index contributed by atoms with van der Waals surface area (Å²) in [6, 6.07) is 6.00. The average Bonchev–Trinajstić information content (AvgIpc) is 2.03. The molecule has 1 aromatic carbocycles. The molecule has 0 fully saturated rings. The lowest BCUT2D eigenvalue weighted by Crippen LogP contribution is -2.15. The molecular weight excluding hydrogens is 148 g/mol. The molecular formula is C10H14N2. The summed E-state index contributed by atoms with van der Waals surface area (Å²) < 4.78 is 0. The highest BCUT2D eigenvalue weighted by molar-refractivity contribution is 5.97. The van der Waals surface area contributed by atoms with E-state index in [2.05, 4.69) is 6.92 Å². The van der Waals surface area contributed by atoms with Crippen LogP contribution >= 0.6 is 0 Å². The first-order valence-electron chi connectivity index (χ1n) is 4.09. The van der Waals surface area contributed by atoms with Gasteiger partial charge in [0.1, 0.15) is 5.84 Å². The summed E-state index contributed by atoms with van der Waals surface area (Å²) in [5.41, 5.74) is 8.62. The first-order valence-corrected chi connectivity index (χ1v) is 4.09. The molecule has 0 aliphatic heterocycles. The van der Waals surface area contributed by atoms with Crippen LogP contribution < -0.4 is 5.73 Å². The van der Waals surface area contributed by atoms with Crippen molar-refractivity contribution in [2.45, 2.75) is 20.3 Å². The number of rotatable bonds is 2. The topological polar surface area (TPSA) is 49.9 Å². The summed E-state index contributed by atoms with van der Waals surface area (Å²) in [7, 11) is 0. The highest BCUT2D eigenvalue weighted by Crippen LogP contribution is 2.13. The van der Waals surface area contributed by atoms with Crippen molar-refractivity contribution < 1.29 is 0 Å². The van der Waals surface area contributed by atoms with Gasteiger partial charge >= 0.3 is 0 Å². The van der Waals surface area contributed by atoms with E-state index in [9.17, 15) is 0 Å². The fourth-order valence-electron chi connectivity index (χ4n) is 1.41. The van der Waals surface area contributed by atoms with Crippen molar-refractivity contribution in [3.8, 4) is 0 Å². The van der Waals surface area contributed by atoms with E-state index in [-0.39, 0.29) is 5.84 Å². The van der Waals surface area contributed by atoms with Crippen LogP contribution in [0.25, 0.3) is 0 Å². The molecule has 0 aliphatic rings. The molecule has 2 nitrogen and oxygen atoms in total. The number of nitrogen functional groups attached to an aromatic ring is 1. The molecule has 0 amide bonds. The lowest BCUT2D eigenvalue weighted by atomic mass is 9.99. The number of aryl methyl sites for hydroxylation is 2. The summed E-state index contributed by atoms with van der Waals surface area (Å²) in [6.45, 7) is 4.05. The van der Waals surface area contributed by atoms with E-state index in [4.69, 9.17) is 11.1 Å². The van der Waals surface area contributed by atoms with Gasteiger partial charge in [0.05, 0.1) is 0 Å². The van der Waals surface area contributed by atoms with Crippen LogP contribution in [0.5, 0.6) is 0 Å². The molecule has 0 radical (unpaired) electrons. The van der Waals surface area contributed by atoms with E-state index in [0.29, 0.717) is 0 Å². The maximum atomic E-state index is 7.40. The van der Waals surface area contributed by atoms with Gasteiger partial charge in [-0.1, -0.05) is 25.1 Å². The second-order valence-electron chi connectivity index (χ2n) is 2.88. The van der Waals surface area contributed by atoms with Crippen molar-refractivity contribution in [3.05, 3.63) is 34.9 Å². The molecule has 0 saturated carbocycles. The van der Waals surface area contributed by atoms with Crippen LogP contribution in [0.4, 0.5) is 0 Å². The van der Waals surface area contributed by atoms with Gasteiger partial charge in [0.2, 0.25) is 0 Å². The summed E-state index contributed by atoms with van der Waals surface area (Å²) in [5, 5.41) is 7.40. The first-order chi connectivity index (χ1) is 5.66. The molecule has 64 valence electrons. The van der Waals surface area contributed by atoms with Crippen LogP contribution in [0.3, 0.4) is 0 Å². The molecule has 0 unspecified atom stereocenters. The largest absolute Gasteiger partial charge is 0.384 e. The zero-order valence-electron chi connectivity index (χ0n) is 7.52. The number of hydrogen-bond acceptors (Lipinski definition) is 1. The van der Waals surface area contributed by atoms with Gasteiger partial charge in [-0.3, -0.25) is 5.41 Å². The molecule has 3 N–H and O–H groups in total. The summed E-state index contributed by atoms with van der Waals surface area (Å²) >= 11 is 0. The van der Waals surface area contributed by atoms with Crippen molar-refractivity contribution >= 4 is 5.84 Å². The third kappa shape index (κ3) is 1.47. The Bertz CT molecular complexity index is 303. The van der Waals surface area contributed by atoms with Gasteiger partial charge in [-0.15, -0.1) is 0 Å². The third-order valence-corrected chi connectivity index (χ3v) is 2.01. The maximum absolute atomic E-state index is 7.40. The molecule has 1 rings (SSSR count). The van der Waals surface area contributed by atoms with Crippen LogP contribution in [0, 0.1) is 12.3 Å². The van der Waals surface area contributed by atoms with E-state index in [1.54, 1.807) is 0 Å². The van der Waals surface area contributed by atoms with Gasteiger partial charge in [0.15, 0.2) is 0 Å². The van der Waals surface area contributed by atoms with Crippen molar-refractivity contribution in [1.82, 2.24) is 0 Å². The summed E-state index contributed by atoms with van der Waals surface area (Å²) in [6.07, 6.45) is 0.927. The van der Waals surface area contributed by atoms with Gasteiger partial charge in [-0.05, 0) is 24.5 Å². The lowest BCUT2D eigenvalue weighted by molar-refractivity contribution is 1.12. The average molecular weight is 162 g/mol. The van der Waals surface area contributed by atoms with E-state index in [0.717, 1.165) is 23.1 Å². The van der Waals surface area contributed by atoms with Crippen molar-refractivity contribution in [3.63, 3.8) is 0 Å². The highest BCUT2D eigenvalue weighted by Gasteiger charge is 2.05. The normalized spacial score (nSPS) is 9.83. The number of amidine groups is 1. The Morgan fingerprint density at radius 1 is 1.50 bits per heavy atom. The van der Waals surface area contributed by atoms with Crippen molar-refractivity contribution in [2.24, 2.45) is 5.73 Å². The SMILES string of the molecule is CCc1cccc(C)c1C(=N)N. The van der Waals surface area contributed by atoms with Gasteiger partial charge < -0.3 is 5.73 Å². The minimum Gasteiger partial charge on any atom is -0.384 e. The van der Waals surface area contributed by atoms with Crippen molar-refractivity contribution in [1.29, 1.82) is 5.41 Å². The van der Waals surface area contributed by atoms with E-state index in [1.165, 1.54) is 0 Å². The van der Waals surface area contributed by atoms with Gasteiger partial charge in [0.25, 0.3) is 0 Å². The first kappa shape index (κ1) is 8.78. The fourth-order valence-corrected chi connectivity index (χ4v) is 1.41. The fraction of sp³-hybridized carbons (Fsp3) is 0.300. The van der Waals surface area contributed by atoms with E-state index < -0.39 is 0 Å². The number of nitrogens with two attached hydrogens (primary N) is 1. The zero-order valence-corrected chi connectivity index (χ0v) is 7.52. The smallest absolute Gasteiger partial charge is 0.123 e. The molecule has 0 spiro atoms. The Morgan fingerprint density at radius 2 is 2.17 bits per heavy atom. The maximum Gasteiger partial charge on any atom is 0.123 e. The summed E-state index contributed by atoms with van der Waals surface area (Å²) in [4.78, 5) is 0.